The molecule has 0 unspecified atom stereocenters. The van der Waals surface area contributed by atoms with E-state index in [0.717, 1.165) is 24.8 Å². The van der Waals surface area contributed by atoms with Gasteiger partial charge in [-0.3, -0.25) is 4.79 Å². The summed E-state index contributed by atoms with van der Waals surface area (Å²) in [4.78, 5) is 25.8. The van der Waals surface area contributed by atoms with Gasteiger partial charge in [0.05, 0.1) is 11.1 Å². The van der Waals surface area contributed by atoms with Crippen LogP contribution in [-0.4, -0.2) is 38.1 Å². The van der Waals surface area contributed by atoms with Crippen LogP contribution < -0.4 is 10.6 Å². The summed E-state index contributed by atoms with van der Waals surface area (Å²) in [5.41, 5.74) is 2.16. The van der Waals surface area contributed by atoms with Crippen molar-refractivity contribution >= 4 is 11.9 Å². The number of nitrogens with one attached hydrogen (secondary N) is 2. The van der Waals surface area contributed by atoms with Crippen molar-refractivity contribution in [1.29, 1.82) is 0 Å². The first-order valence-corrected chi connectivity index (χ1v) is 9.36. The molecule has 0 bridgehead atoms. The van der Waals surface area contributed by atoms with E-state index in [2.05, 4.69) is 30.7 Å². The highest BCUT2D eigenvalue weighted by molar-refractivity contribution is 6.00. The summed E-state index contributed by atoms with van der Waals surface area (Å²) in [5, 5.41) is 10.3. The maximum Gasteiger partial charge on any atom is 0.258 e. The Balaban J connectivity index is 1.49. The minimum atomic E-state index is -0.157. The Morgan fingerprint density at radius 3 is 2.61 bits per heavy atom. The van der Waals surface area contributed by atoms with Gasteiger partial charge in [-0.2, -0.15) is 4.98 Å². The van der Waals surface area contributed by atoms with Crippen molar-refractivity contribution in [2.24, 2.45) is 0 Å². The van der Waals surface area contributed by atoms with E-state index >= 15 is 0 Å². The first-order valence-electron chi connectivity index (χ1n) is 9.36. The van der Waals surface area contributed by atoms with E-state index < -0.39 is 0 Å². The van der Waals surface area contributed by atoms with Crippen molar-refractivity contribution in [1.82, 2.24) is 25.4 Å². The van der Waals surface area contributed by atoms with E-state index in [4.69, 9.17) is 4.52 Å². The summed E-state index contributed by atoms with van der Waals surface area (Å²) in [5.74, 6) is 1.30. The van der Waals surface area contributed by atoms with Gasteiger partial charge in [-0.1, -0.05) is 17.3 Å². The minimum absolute atomic E-state index is 0.00474. The number of anilines is 1. The average molecular weight is 378 g/mol. The molecule has 1 saturated carbocycles. The van der Waals surface area contributed by atoms with Crippen LogP contribution >= 0.6 is 0 Å². The highest BCUT2D eigenvalue weighted by atomic mass is 16.5. The quantitative estimate of drug-likeness (QED) is 0.703. The van der Waals surface area contributed by atoms with E-state index in [1.54, 1.807) is 25.4 Å². The van der Waals surface area contributed by atoms with E-state index in [1.165, 1.54) is 0 Å². The average Bonchev–Trinajstić information content (AvgIpc) is 3.32. The number of amides is 1. The maximum atomic E-state index is 13.0. The van der Waals surface area contributed by atoms with E-state index in [1.807, 2.05) is 25.1 Å². The molecule has 2 heterocycles. The van der Waals surface area contributed by atoms with Crippen LogP contribution in [0.25, 0.3) is 11.5 Å². The normalized spacial score (nSPS) is 18.8. The monoisotopic (exact) mass is 378 g/mol. The summed E-state index contributed by atoms with van der Waals surface area (Å²) in [6, 6.07) is 7.34. The number of nitrogens with zero attached hydrogens (tertiary/aromatic N) is 4. The van der Waals surface area contributed by atoms with Crippen molar-refractivity contribution in [3.8, 4) is 11.5 Å². The number of hydrogen-bond acceptors (Lipinski definition) is 7. The standard InChI is InChI=1S/C20H22N6O2/c1-12-10-21-20(22-11-12)25-17-9-5-8-16(17)24-18(27)14-6-3-4-7-15(14)19-23-13(2)26-28-19/h3-4,6-7,10-11,16-17H,5,8-9H2,1-2H3,(H,24,27)(H,21,22,25)/t16-,17-/m0/s1. The molecule has 0 saturated heterocycles. The van der Waals surface area contributed by atoms with Gasteiger partial charge in [0.2, 0.25) is 5.95 Å². The lowest BCUT2D eigenvalue weighted by molar-refractivity contribution is 0.0936. The largest absolute Gasteiger partial charge is 0.349 e. The molecule has 8 nitrogen and oxygen atoms in total. The Hall–Kier alpha value is -3.29. The van der Waals surface area contributed by atoms with Crippen LogP contribution in [-0.2, 0) is 0 Å². The molecular formula is C20H22N6O2. The molecule has 3 aromatic rings. The number of benzene rings is 1. The van der Waals surface area contributed by atoms with Gasteiger partial charge >= 0.3 is 0 Å². The first-order chi connectivity index (χ1) is 13.6. The molecule has 0 radical (unpaired) electrons. The van der Waals surface area contributed by atoms with Crippen LogP contribution in [0.2, 0.25) is 0 Å². The van der Waals surface area contributed by atoms with Crippen molar-refractivity contribution in [2.45, 2.75) is 45.2 Å². The van der Waals surface area contributed by atoms with Crippen LogP contribution in [0.5, 0.6) is 0 Å². The number of rotatable bonds is 5. The Morgan fingerprint density at radius 2 is 1.86 bits per heavy atom. The Kier molecular flexibility index (Phi) is 5.01. The summed E-state index contributed by atoms with van der Waals surface area (Å²) in [6.45, 7) is 3.70. The van der Waals surface area contributed by atoms with Gasteiger partial charge in [0.25, 0.3) is 11.8 Å². The fraction of sp³-hybridized carbons (Fsp3) is 0.350. The molecule has 2 atom stereocenters. The van der Waals surface area contributed by atoms with Crippen LogP contribution in [0.3, 0.4) is 0 Å². The molecular weight excluding hydrogens is 356 g/mol. The second kappa shape index (κ2) is 7.75. The number of carbonyl (C=O) groups excluding carboxylic acids is 1. The molecule has 8 heteroatoms. The van der Waals surface area contributed by atoms with Gasteiger partial charge in [-0.05, 0) is 50.8 Å². The van der Waals surface area contributed by atoms with Crippen molar-refractivity contribution in [2.75, 3.05) is 5.32 Å². The molecule has 0 aliphatic heterocycles. The molecule has 2 aromatic heterocycles. The summed E-state index contributed by atoms with van der Waals surface area (Å²) in [6.07, 6.45) is 6.43. The van der Waals surface area contributed by atoms with Gasteiger partial charge < -0.3 is 15.2 Å². The van der Waals surface area contributed by atoms with Crippen LogP contribution in [0.15, 0.2) is 41.2 Å². The van der Waals surface area contributed by atoms with Crippen LogP contribution in [0, 0.1) is 13.8 Å². The fourth-order valence-electron chi connectivity index (χ4n) is 3.46. The molecule has 1 fully saturated rings. The molecule has 144 valence electrons. The van der Waals surface area contributed by atoms with Crippen molar-refractivity contribution < 1.29 is 9.32 Å². The number of aromatic nitrogens is 4. The topological polar surface area (TPSA) is 106 Å². The van der Waals surface area contributed by atoms with Crippen molar-refractivity contribution in [3.63, 3.8) is 0 Å². The Labute approximate surface area is 162 Å². The minimum Gasteiger partial charge on any atom is -0.349 e. The zero-order chi connectivity index (χ0) is 19.5. The third kappa shape index (κ3) is 3.85. The summed E-state index contributed by atoms with van der Waals surface area (Å²) < 4.78 is 5.25. The molecule has 28 heavy (non-hydrogen) atoms. The predicted molar refractivity (Wildman–Crippen MR) is 104 cm³/mol. The van der Waals surface area contributed by atoms with Gasteiger partial charge in [-0.25, -0.2) is 9.97 Å². The Bertz CT molecular complexity index is 969. The van der Waals surface area contributed by atoms with Gasteiger partial charge in [0, 0.05) is 24.5 Å². The highest BCUT2D eigenvalue weighted by Gasteiger charge is 2.30. The van der Waals surface area contributed by atoms with Gasteiger partial charge in [0.1, 0.15) is 0 Å². The van der Waals surface area contributed by atoms with E-state index in [9.17, 15) is 4.79 Å². The van der Waals surface area contributed by atoms with Crippen LogP contribution in [0.4, 0.5) is 5.95 Å². The molecule has 0 spiro atoms. The lowest BCUT2D eigenvalue weighted by Gasteiger charge is -2.22. The van der Waals surface area contributed by atoms with Gasteiger partial charge in [0.15, 0.2) is 5.82 Å². The zero-order valence-corrected chi connectivity index (χ0v) is 15.8. The predicted octanol–water partition coefficient (Wildman–Crippen LogP) is 2.91. The smallest absolute Gasteiger partial charge is 0.258 e. The Morgan fingerprint density at radius 1 is 1.11 bits per heavy atom. The number of hydrogen-bond donors (Lipinski definition) is 2. The summed E-state index contributed by atoms with van der Waals surface area (Å²) >= 11 is 0. The van der Waals surface area contributed by atoms with E-state index in [-0.39, 0.29) is 18.0 Å². The second-order valence-electron chi connectivity index (χ2n) is 7.04. The third-order valence-corrected chi connectivity index (χ3v) is 4.86. The summed E-state index contributed by atoms with van der Waals surface area (Å²) in [7, 11) is 0. The molecule has 1 aliphatic rings. The lowest BCUT2D eigenvalue weighted by atomic mass is 10.1. The molecule has 1 aromatic carbocycles. The number of carbonyl (C=O) groups is 1. The molecule has 1 amide bonds. The lowest BCUT2D eigenvalue weighted by Crippen LogP contribution is -2.43. The number of aryl methyl sites for hydroxylation is 2. The first kappa shape index (κ1) is 18.1. The van der Waals surface area contributed by atoms with Gasteiger partial charge in [-0.15, -0.1) is 0 Å². The maximum absolute atomic E-state index is 13.0. The third-order valence-electron chi connectivity index (χ3n) is 4.86. The SMILES string of the molecule is Cc1cnc(N[C@H]2CCC[C@@H]2NC(=O)c2ccccc2-c2nc(C)no2)nc1. The molecule has 2 N–H and O–H groups in total. The van der Waals surface area contributed by atoms with Crippen LogP contribution in [0.1, 0.15) is 41.0 Å². The molecule has 4 rings (SSSR count). The van der Waals surface area contributed by atoms with Crippen molar-refractivity contribution in [3.05, 3.63) is 53.6 Å². The molecule has 1 aliphatic carbocycles. The highest BCUT2D eigenvalue weighted by Crippen LogP contribution is 2.25. The zero-order valence-electron chi connectivity index (χ0n) is 15.8. The van der Waals surface area contributed by atoms with E-state index in [0.29, 0.717) is 28.8 Å². The fourth-order valence-corrected chi connectivity index (χ4v) is 3.46. The second-order valence-corrected chi connectivity index (χ2v) is 7.04.